The zero-order valence-corrected chi connectivity index (χ0v) is 14.3. The second-order valence-corrected chi connectivity index (χ2v) is 6.17. The zero-order valence-electron chi connectivity index (χ0n) is 13.5. The monoisotopic (exact) mass is 350 g/mol. The van der Waals surface area contributed by atoms with Gasteiger partial charge < -0.3 is 10.3 Å². The average molecular weight is 351 g/mol. The van der Waals surface area contributed by atoms with Crippen LogP contribution in [0.4, 0.5) is 5.82 Å². The molecule has 0 bridgehead atoms. The molecule has 0 fully saturated rings. The minimum absolute atomic E-state index is 0.361. The van der Waals surface area contributed by atoms with E-state index < -0.39 is 0 Å². The Bertz CT molecular complexity index is 1030. The number of pyridine rings is 1. The van der Waals surface area contributed by atoms with Gasteiger partial charge in [0.25, 0.3) is 0 Å². The van der Waals surface area contributed by atoms with E-state index in [0.717, 1.165) is 16.7 Å². The third kappa shape index (κ3) is 2.81. The van der Waals surface area contributed by atoms with Crippen LogP contribution in [0.5, 0.6) is 0 Å². The van der Waals surface area contributed by atoms with Gasteiger partial charge in [0.1, 0.15) is 0 Å². The molecule has 0 spiro atoms. The number of nitrogen functional groups attached to an aromatic ring is 1. The van der Waals surface area contributed by atoms with Gasteiger partial charge in [-0.05, 0) is 24.1 Å². The van der Waals surface area contributed by atoms with Gasteiger partial charge in [0, 0.05) is 18.0 Å². The number of fused-ring (bicyclic) bond motifs is 1. The fourth-order valence-corrected chi connectivity index (χ4v) is 2.91. The van der Waals surface area contributed by atoms with Crippen molar-refractivity contribution < 1.29 is 0 Å². The van der Waals surface area contributed by atoms with Crippen molar-refractivity contribution >= 4 is 17.4 Å². The topological polar surface area (TPSA) is 82.5 Å². The van der Waals surface area contributed by atoms with Gasteiger partial charge in [-0.15, -0.1) is 0 Å². The van der Waals surface area contributed by atoms with E-state index in [-0.39, 0.29) is 0 Å². The van der Waals surface area contributed by atoms with E-state index in [4.69, 9.17) is 22.3 Å². The molecular formula is C18H15ClN6. The fraction of sp³-hybridized carbons (Fsp3) is 0.111. The molecule has 124 valence electrons. The Hall–Kier alpha value is -2.99. The van der Waals surface area contributed by atoms with Gasteiger partial charge in [-0.1, -0.05) is 35.9 Å². The van der Waals surface area contributed by atoms with Crippen LogP contribution >= 0.6 is 11.6 Å². The summed E-state index contributed by atoms with van der Waals surface area (Å²) >= 11 is 6.22. The fourth-order valence-electron chi connectivity index (χ4n) is 2.73. The zero-order chi connectivity index (χ0) is 17.4. The summed E-state index contributed by atoms with van der Waals surface area (Å²) in [6, 6.07) is 9.86. The molecule has 4 rings (SSSR count). The molecule has 3 heterocycles. The molecule has 2 aliphatic heterocycles. The van der Waals surface area contributed by atoms with Crippen molar-refractivity contribution in [3.8, 4) is 22.9 Å². The molecule has 0 unspecified atom stereocenters. The molecule has 2 aliphatic rings. The number of imidazole rings is 1. The number of benzene rings is 1. The van der Waals surface area contributed by atoms with Crippen LogP contribution in [0.1, 0.15) is 11.1 Å². The average Bonchev–Trinajstić information content (AvgIpc) is 3.06. The van der Waals surface area contributed by atoms with Gasteiger partial charge in [0.05, 0.1) is 17.9 Å². The second-order valence-electron chi connectivity index (χ2n) is 5.76. The maximum absolute atomic E-state index is 6.22. The van der Waals surface area contributed by atoms with Crippen LogP contribution in [0.25, 0.3) is 22.9 Å². The van der Waals surface area contributed by atoms with Crippen molar-refractivity contribution in [1.82, 2.24) is 24.5 Å². The normalized spacial score (nSPS) is 11.1. The Balaban J connectivity index is 1.84. The molecule has 25 heavy (non-hydrogen) atoms. The number of nitrogens with zero attached hydrogens (tertiary/aromatic N) is 5. The van der Waals surface area contributed by atoms with Gasteiger partial charge in [-0.3, -0.25) is 4.98 Å². The van der Waals surface area contributed by atoms with E-state index >= 15 is 0 Å². The van der Waals surface area contributed by atoms with Crippen molar-refractivity contribution in [2.75, 3.05) is 5.73 Å². The maximum atomic E-state index is 6.22. The number of aryl methyl sites for hydroxylation is 1. The number of aromatic nitrogens is 5. The van der Waals surface area contributed by atoms with Crippen molar-refractivity contribution in [2.45, 2.75) is 13.5 Å². The van der Waals surface area contributed by atoms with Crippen LogP contribution in [0, 0.1) is 6.92 Å². The molecule has 1 aromatic heterocycles. The van der Waals surface area contributed by atoms with E-state index in [2.05, 4.69) is 15.0 Å². The molecule has 6 nitrogen and oxygen atoms in total. The van der Waals surface area contributed by atoms with Crippen LogP contribution in [-0.2, 0) is 6.54 Å². The van der Waals surface area contributed by atoms with E-state index in [1.165, 1.54) is 0 Å². The van der Waals surface area contributed by atoms with Crippen LogP contribution in [-0.4, -0.2) is 24.5 Å². The number of rotatable bonds is 3. The van der Waals surface area contributed by atoms with E-state index in [1.54, 1.807) is 18.7 Å². The van der Waals surface area contributed by atoms with Crippen LogP contribution in [0.3, 0.4) is 0 Å². The summed E-state index contributed by atoms with van der Waals surface area (Å²) in [5.41, 5.74) is 9.61. The number of anilines is 1. The Kier molecular flexibility index (Phi) is 3.82. The Morgan fingerprint density at radius 3 is 2.80 bits per heavy atom. The summed E-state index contributed by atoms with van der Waals surface area (Å²) in [5, 5.41) is 0.596. The molecule has 0 amide bonds. The quantitative estimate of drug-likeness (QED) is 0.612. The van der Waals surface area contributed by atoms with E-state index in [0.29, 0.717) is 34.7 Å². The predicted molar refractivity (Wildman–Crippen MR) is 97.4 cm³/mol. The predicted octanol–water partition coefficient (Wildman–Crippen LogP) is 3.43. The van der Waals surface area contributed by atoms with Gasteiger partial charge >= 0.3 is 0 Å². The first-order chi connectivity index (χ1) is 12.1. The maximum Gasteiger partial charge on any atom is 0.166 e. The molecule has 2 aromatic rings. The van der Waals surface area contributed by atoms with Crippen LogP contribution < -0.4 is 5.73 Å². The van der Waals surface area contributed by atoms with Gasteiger partial charge in [0.2, 0.25) is 0 Å². The molecule has 0 aliphatic carbocycles. The standard InChI is InChI=1S/C18H15ClN6/c1-11-4-2-3-5-13(11)17-23-15-16(20)22-10-25(18(15)24-17)9-12-6-7-21-8-14(12)19/h2-8,10H,9,20H2,1H3. The smallest absolute Gasteiger partial charge is 0.166 e. The first kappa shape index (κ1) is 15.5. The lowest BCUT2D eigenvalue weighted by Crippen LogP contribution is -2.09. The van der Waals surface area contributed by atoms with Crippen LogP contribution in [0.15, 0.2) is 49.1 Å². The lowest BCUT2D eigenvalue weighted by atomic mass is 10.1. The molecule has 1 aromatic carbocycles. The molecule has 0 saturated carbocycles. The van der Waals surface area contributed by atoms with Crippen LogP contribution in [0.2, 0.25) is 5.02 Å². The molecule has 0 radical (unpaired) electrons. The number of halogens is 1. The van der Waals surface area contributed by atoms with E-state index in [1.807, 2.05) is 41.8 Å². The number of nitrogens with two attached hydrogens (primary N) is 1. The lowest BCUT2D eigenvalue weighted by Gasteiger charge is -2.11. The van der Waals surface area contributed by atoms with Crippen molar-refractivity contribution in [1.29, 1.82) is 0 Å². The van der Waals surface area contributed by atoms with Crippen molar-refractivity contribution in [3.63, 3.8) is 0 Å². The highest BCUT2D eigenvalue weighted by Crippen LogP contribution is 2.30. The third-order valence-corrected chi connectivity index (χ3v) is 4.42. The first-order valence-corrected chi connectivity index (χ1v) is 8.14. The number of hydrogen-bond donors (Lipinski definition) is 1. The first-order valence-electron chi connectivity index (χ1n) is 7.76. The van der Waals surface area contributed by atoms with E-state index in [9.17, 15) is 0 Å². The summed E-state index contributed by atoms with van der Waals surface area (Å²) in [7, 11) is 0. The summed E-state index contributed by atoms with van der Waals surface area (Å²) in [5.74, 6) is 1.68. The van der Waals surface area contributed by atoms with Crippen molar-refractivity contribution in [2.24, 2.45) is 0 Å². The molecule has 0 atom stereocenters. The molecule has 0 saturated heterocycles. The highest BCUT2D eigenvalue weighted by Gasteiger charge is 2.20. The summed E-state index contributed by atoms with van der Waals surface area (Å²) in [6.45, 7) is 2.54. The minimum Gasteiger partial charge on any atom is -0.382 e. The summed E-state index contributed by atoms with van der Waals surface area (Å²) < 4.78 is 1.89. The Morgan fingerprint density at radius 2 is 2.00 bits per heavy atom. The SMILES string of the molecule is Cc1ccccc1-c1nc2c(N)ncn(Cc3ccncc3Cl)c-2n1. The Labute approximate surface area is 149 Å². The third-order valence-electron chi connectivity index (χ3n) is 4.08. The lowest BCUT2D eigenvalue weighted by molar-refractivity contribution is 0.762. The molecular weight excluding hydrogens is 336 g/mol. The largest absolute Gasteiger partial charge is 0.382 e. The van der Waals surface area contributed by atoms with Gasteiger partial charge in [-0.2, -0.15) is 0 Å². The van der Waals surface area contributed by atoms with Crippen molar-refractivity contribution in [3.05, 3.63) is 65.2 Å². The Morgan fingerprint density at radius 1 is 1.16 bits per heavy atom. The number of hydrogen-bond acceptors (Lipinski definition) is 5. The highest BCUT2D eigenvalue weighted by molar-refractivity contribution is 6.31. The summed E-state index contributed by atoms with van der Waals surface area (Å²) in [6.07, 6.45) is 4.98. The van der Waals surface area contributed by atoms with Gasteiger partial charge in [0.15, 0.2) is 23.2 Å². The minimum atomic E-state index is 0.361. The summed E-state index contributed by atoms with van der Waals surface area (Å²) in [4.78, 5) is 17.6. The molecule has 2 N–H and O–H groups in total. The highest BCUT2D eigenvalue weighted by atomic mass is 35.5. The second kappa shape index (κ2) is 6.14. The molecule has 7 heteroatoms. The van der Waals surface area contributed by atoms with Gasteiger partial charge in [-0.25, -0.2) is 15.0 Å².